The summed E-state index contributed by atoms with van der Waals surface area (Å²) < 4.78 is 74.4. The molecule has 224 valence electrons. The van der Waals surface area contributed by atoms with E-state index >= 15 is 0 Å². The number of hydrogen-bond donors (Lipinski definition) is 2. The Labute approximate surface area is 236 Å². The van der Waals surface area contributed by atoms with Crippen molar-refractivity contribution in [2.45, 2.75) is 107 Å². The number of benzene rings is 2. The van der Waals surface area contributed by atoms with Crippen molar-refractivity contribution < 1.29 is 36.4 Å². The summed E-state index contributed by atoms with van der Waals surface area (Å²) in [6.45, 7) is 2.30. The van der Waals surface area contributed by atoms with E-state index < -0.39 is 35.7 Å². The van der Waals surface area contributed by atoms with Crippen molar-refractivity contribution in [2.75, 3.05) is 11.5 Å². The van der Waals surface area contributed by atoms with Crippen LogP contribution in [0.5, 0.6) is 11.5 Å². The molecule has 3 rings (SSSR count). The zero-order valence-electron chi connectivity index (χ0n) is 23.1. The SMILES string of the molecule is CC1(c2ccc(O)cc2)CCc2cc(O)ccc2C1CCCCCCCCCS(=O)CCCC(F)(F)C(F)(F)F. The third-order valence-corrected chi connectivity index (χ3v) is 9.84. The fourth-order valence-electron chi connectivity index (χ4n) is 5.92. The molecule has 1 aliphatic rings. The highest BCUT2D eigenvalue weighted by Crippen LogP contribution is 2.50. The summed E-state index contributed by atoms with van der Waals surface area (Å²) in [5.41, 5.74) is 3.62. The molecule has 0 saturated heterocycles. The molecule has 0 bridgehead atoms. The minimum atomic E-state index is -5.55. The van der Waals surface area contributed by atoms with Gasteiger partial charge in [0.2, 0.25) is 0 Å². The van der Waals surface area contributed by atoms with Gasteiger partial charge in [0.05, 0.1) is 0 Å². The molecular weight excluding hydrogens is 547 g/mol. The Morgan fingerprint density at radius 2 is 1.40 bits per heavy atom. The molecule has 40 heavy (non-hydrogen) atoms. The van der Waals surface area contributed by atoms with Gasteiger partial charge in [-0.3, -0.25) is 4.21 Å². The third kappa shape index (κ3) is 8.67. The Morgan fingerprint density at radius 3 is 2.05 bits per heavy atom. The summed E-state index contributed by atoms with van der Waals surface area (Å²) in [5.74, 6) is -3.67. The summed E-state index contributed by atoms with van der Waals surface area (Å²) in [5, 5.41) is 19.8. The molecule has 2 aromatic carbocycles. The Kier molecular flexibility index (Phi) is 11.4. The van der Waals surface area contributed by atoms with Crippen LogP contribution < -0.4 is 0 Å². The van der Waals surface area contributed by atoms with Crippen molar-refractivity contribution in [3.8, 4) is 11.5 Å². The third-order valence-electron chi connectivity index (χ3n) is 8.35. The summed E-state index contributed by atoms with van der Waals surface area (Å²) >= 11 is 0. The first-order valence-corrected chi connectivity index (χ1v) is 15.7. The Morgan fingerprint density at radius 1 is 0.825 bits per heavy atom. The monoisotopic (exact) mass is 588 g/mol. The van der Waals surface area contributed by atoms with Crippen molar-refractivity contribution in [3.05, 3.63) is 59.2 Å². The smallest absolute Gasteiger partial charge is 0.453 e. The zero-order chi connectivity index (χ0) is 29.4. The van der Waals surface area contributed by atoms with E-state index in [2.05, 4.69) is 13.0 Å². The van der Waals surface area contributed by atoms with Crippen LogP contribution in [0.1, 0.15) is 100 Å². The molecule has 3 nitrogen and oxygen atoms in total. The lowest BCUT2D eigenvalue weighted by Crippen LogP contribution is -2.36. The van der Waals surface area contributed by atoms with Crippen molar-refractivity contribution in [1.29, 1.82) is 0 Å². The molecule has 0 aliphatic heterocycles. The second-order valence-electron chi connectivity index (χ2n) is 11.3. The largest absolute Gasteiger partial charge is 0.508 e. The van der Waals surface area contributed by atoms with Crippen LogP contribution in [-0.2, 0) is 22.6 Å². The van der Waals surface area contributed by atoms with E-state index in [0.717, 1.165) is 57.8 Å². The molecule has 0 saturated carbocycles. The van der Waals surface area contributed by atoms with Gasteiger partial charge in [0.1, 0.15) is 11.5 Å². The van der Waals surface area contributed by atoms with E-state index in [4.69, 9.17) is 0 Å². The highest BCUT2D eigenvalue weighted by atomic mass is 32.2. The Balaban J connectivity index is 1.38. The van der Waals surface area contributed by atoms with Crippen LogP contribution in [-0.4, -0.2) is 38.0 Å². The number of alkyl halides is 5. The molecular formula is C31H41F5O3S. The predicted octanol–water partition coefficient (Wildman–Crippen LogP) is 8.93. The number of phenols is 2. The summed E-state index contributed by atoms with van der Waals surface area (Å²) in [6.07, 6.45) is 2.36. The lowest BCUT2D eigenvalue weighted by Gasteiger charge is -2.43. The fourth-order valence-corrected chi connectivity index (χ4v) is 7.11. The van der Waals surface area contributed by atoms with Gasteiger partial charge < -0.3 is 10.2 Å². The topological polar surface area (TPSA) is 57.5 Å². The molecule has 0 amide bonds. The van der Waals surface area contributed by atoms with Crippen LogP contribution >= 0.6 is 0 Å². The van der Waals surface area contributed by atoms with Gasteiger partial charge in [-0.2, -0.15) is 22.0 Å². The molecule has 9 heteroatoms. The maximum Gasteiger partial charge on any atom is 0.453 e. The lowest BCUT2D eigenvalue weighted by atomic mass is 9.60. The minimum Gasteiger partial charge on any atom is -0.508 e. The fraction of sp³-hybridized carbons (Fsp3) is 0.613. The normalized spacial score (nSPS) is 20.3. The summed E-state index contributed by atoms with van der Waals surface area (Å²) in [6, 6.07) is 13.2. The highest BCUT2D eigenvalue weighted by molar-refractivity contribution is 7.84. The van der Waals surface area contributed by atoms with Crippen molar-refractivity contribution in [3.63, 3.8) is 0 Å². The maximum absolute atomic E-state index is 12.9. The number of hydrogen-bond acceptors (Lipinski definition) is 3. The standard InChI is InChI=1S/C31H41F5O3S/c1-29(24-11-13-25(37)14-12-24)19-17-23-22-26(38)15-16-27(23)28(29)10-7-5-3-2-4-6-8-20-40(39)21-9-18-30(32,33)31(34,35)36/h11-16,22,28,37-38H,2-10,17-21H2,1H3. The van der Waals surface area contributed by atoms with Gasteiger partial charge in [-0.05, 0) is 84.4 Å². The molecule has 0 spiro atoms. The van der Waals surface area contributed by atoms with Crippen LogP contribution in [0.25, 0.3) is 0 Å². The van der Waals surface area contributed by atoms with Crippen LogP contribution in [0.4, 0.5) is 22.0 Å². The lowest BCUT2D eigenvalue weighted by molar-refractivity contribution is -0.284. The second-order valence-corrected chi connectivity index (χ2v) is 13.0. The minimum absolute atomic E-state index is 0.0734. The number of aromatic hydroxyl groups is 2. The van der Waals surface area contributed by atoms with Gasteiger partial charge in [0, 0.05) is 28.7 Å². The van der Waals surface area contributed by atoms with Gasteiger partial charge in [-0.1, -0.05) is 63.6 Å². The average molecular weight is 589 g/mol. The van der Waals surface area contributed by atoms with E-state index in [1.165, 1.54) is 16.7 Å². The van der Waals surface area contributed by atoms with Gasteiger partial charge >= 0.3 is 12.1 Å². The van der Waals surface area contributed by atoms with E-state index in [9.17, 15) is 36.4 Å². The molecule has 0 aromatic heterocycles. The molecule has 3 unspecified atom stereocenters. The number of fused-ring (bicyclic) bond motifs is 1. The first-order chi connectivity index (χ1) is 18.8. The van der Waals surface area contributed by atoms with E-state index in [1.54, 1.807) is 18.2 Å². The Bertz CT molecular complexity index is 1100. The molecule has 0 radical (unpaired) electrons. The molecule has 1 aliphatic carbocycles. The molecule has 2 aromatic rings. The van der Waals surface area contributed by atoms with Gasteiger partial charge in [0.15, 0.2) is 0 Å². The molecule has 0 fully saturated rings. The summed E-state index contributed by atoms with van der Waals surface area (Å²) in [7, 11) is -1.37. The molecule has 2 N–H and O–H groups in total. The van der Waals surface area contributed by atoms with E-state index in [0.29, 0.717) is 18.1 Å². The number of unbranched alkanes of at least 4 members (excludes halogenated alkanes) is 6. The van der Waals surface area contributed by atoms with Crippen LogP contribution in [0.3, 0.4) is 0 Å². The number of aryl methyl sites for hydroxylation is 1. The predicted molar refractivity (Wildman–Crippen MR) is 150 cm³/mol. The maximum atomic E-state index is 12.9. The molecule has 0 heterocycles. The quantitative estimate of drug-likeness (QED) is 0.161. The van der Waals surface area contributed by atoms with E-state index in [1.807, 2.05) is 18.2 Å². The number of rotatable bonds is 15. The zero-order valence-corrected chi connectivity index (χ0v) is 23.9. The van der Waals surface area contributed by atoms with Crippen LogP contribution in [0, 0.1) is 0 Å². The summed E-state index contributed by atoms with van der Waals surface area (Å²) in [4.78, 5) is 0. The highest BCUT2D eigenvalue weighted by Gasteiger charge is 2.56. The van der Waals surface area contributed by atoms with Crippen LogP contribution in [0.15, 0.2) is 42.5 Å². The van der Waals surface area contributed by atoms with Gasteiger partial charge in [-0.15, -0.1) is 0 Å². The van der Waals surface area contributed by atoms with Crippen LogP contribution in [0.2, 0.25) is 0 Å². The van der Waals surface area contributed by atoms with E-state index in [-0.39, 0.29) is 22.7 Å². The first-order valence-electron chi connectivity index (χ1n) is 14.2. The van der Waals surface area contributed by atoms with Crippen molar-refractivity contribution in [1.82, 2.24) is 0 Å². The Hall–Kier alpha value is -2.16. The van der Waals surface area contributed by atoms with Gasteiger partial charge in [0.25, 0.3) is 0 Å². The number of phenolic OH excluding ortho intramolecular Hbond substituents is 2. The van der Waals surface area contributed by atoms with Crippen molar-refractivity contribution in [2.24, 2.45) is 0 Å². The second kappa shape index (κ2) is 14.1. The number of halogens is 5. The first kappa shape index (κ1) is 32.4. The average Bonchev–Trinajstić information content (AvgIpc) is 2.88. The molecule has 3 atom stereocenters. The van der Waals surface area contributed by atoms with Crippen molar-refractivity contribution >= 4 is 10.8 Å². The van der Waals surface area contributed by atoms with Gasteiger partial charge in [-0.25, -0.2) is 0 Å².